The van der Waals surface area contributed by atoms with E-state index in [1.54, 1.807) is 0 Å². The van der Waals surface area contributed by atoms with Crippen molar-refractivity contribution in [2.24, 2.45) is 23.7 Å². The van der Waals surface area contributed by atoms with Gasteiger partial charge in [-0.2, -0.15) is 0 Å². The van der Waals surface area contributed by atoms with Gasteiger partial charge in [-0.15, -0.1) is 0 Å². The minimum atomic E-state index is -2.42. The van der Waals surface area contributed by atoms with E-state index in [9.17, 15) is 0 Å². The average Bonchev–Trinajstić information content (AvgIpc) is 3.02. The molecule has 11 heteroatoms. The van der Waals surface area contributed by atoms with Crippen molar-refractivity contribution in [2.75, 3.05) is 26.4 Å². The minimum Gasteiger partial charge on any atom is -0.691 e. The van der Waals surface area contributed by atoms with Crippen LogP contribution in [0.4, 0.5) is 0 Å². The maximum atomic E-state index is 5.66. The molecule has 51 heavy (non-hydrogen) atoms. The van der Waals surface area contributed by atoms with Crippen molar-refractivity contribution in [3.63, 3.8) is 0 Å². The van der Waals surface area contributed by atoms with Crippen LogP contribution in [0.15, 0.2) is 0 Å². The number of hydrogen-bond acceptors (Lipinski definition) is 8. The molecule has 0 saturated heterocycles. The summed E-state index contributed by atoms with van der Waals surface area (Å²) < 4.78 is 22.7. The predicted molar refractivity (Wildman–Crippen MR) is 237 cm³/mol. The van der Waals surface area contributed by atoms with E-state index in [1.807, 2.05) is 0 Å². The van der Waals surface area contributed by atoms with Crippen LogP contribution in [-0.2, 0) is 85.7 Å². The number of unbranched alkanes of at least 4 members (excludes halogenated alkanes) is 16. The van der Waals surface area contributed by atoms with Gasteiger partial charge in [0.2, 0.25) is 0 Å². The van der Waals surface area contributed by atoms with E-state index < -0.39 is 11.4 Å². The maximum Gasteiger partial charge on any atom is 2.00 e. The fourth-order valence-electron chi connectivity index (χ4n) is 5.52. The van der Waals surface area contributed by atoms with Crippen molar-refractivity contribution in [3.05, 3.63) is 0 Å². The number of rotatable bonds is 36. The SMILES string of the molecule is CC(C)CCCCCCCOP(=S)([S-])OCCCCCCCC(C)C.CC(C)CCCCCCCOP(=S)([S-])OCCCCCCCC(C)C.[Zn+2]. The van der Waals surface area contributed by atoms with Gasteiger partial charge < -0.3 is 42.6 Å². The molecule has 4 nitrogen and oxygen atoms in total. The first-order valence-electron chi connectivity index (χ1n) is 20.9. The van der Waals surface area contributed by atoms with E-state index in [2.05, 4.69) is 55.4 Å². The van der Waals surface area contributed by atoms with Crippen molar-refractivity contribution < 1.29 is 37.6 Å². The van der Waals surface area contributed by atoms with Gasteiger partial charge in [0.05, 0.1) is 37.8 Å². The van der Waals surface area contributed by atoms with Gasteiger partial charge >= 0.3 is 19.5 Å². The topological polar surface area (TPSA) is 36.9 Å². The van der Waals surface area contributed by atoms with Crippen LogP contribution in [0.2, 0.25) is 0 Å². The Morgan fingerprint density at radius 1 is 0.333 bits per heavy atom. The second-order valence-electron chi connectivity index (χ2n) is 16.0. The zero-order valence-corrected chi connectivity index (χ0v) is 43.0. The Kier molecular flexibility index (Phi) is 46.1. The molecule has 0 unspecified atom stereocenters. The van der Waals surface area contributed by atoms with Crippen molar-refractivity contribution >= 4 is 59.5 Å². The van der Waals surface area contributed by atoms with Crippen molar-refractivity contribution in [1.82, 2.24) is 0 Å². The smallest absolute Gasteiger partial charge is 0.691 e. The van der Waals surface area contributed by atoms with Gasteiger partial charge in [-0.1, -0.05) is 207 Å². The van der Waals surface area contributed by atoms with E-state index in [-0.39, 0.29) is 19.5 Å². The summed E-state index contributed by atoms with van der Waals surface area (Å²) in [6.45, 7) is 21.0. The van der Waals surface area contributed by atoms with Crippen molar-refractivity contribution in [3.8, 4) is 0 Å². The predicted octanol–water partition coefficient (Wildman–Crippen LogP) is 15.6. The summed E-state index contributed by atoms with van der Waals surface area (Å²) in [6.07, 6.45) is 30.2. The van der Waals surface area contributed by atoms with Gasteiger partial charge in [0.1, 0.15) is 0 Å². The summed E-state index contributed by atoms with van der Waals surface area (Å²) in [4.78, 5) is 0. The first-order chi connectivity index (χ1) is 23.7. The monoisotopic (exact) mass is 882 g/mol. The fourth-order valence-corrected chi connectivity index (χ4v) is 8.87. The van der Waals surface area contributed by atoms with Crippen LogP contribution in [0.25, 0.3) is 0 Å². The second kappa shape index (κ2) is 40.7. The summed E-state index contributed by atoms with van der Waals surface area (Å²) in [5, 5.41) is 0. The normalized spacial score (nSPS) is 12.2. The molecule has 304 valence electrons. The van der Waals surface area contributed by atoms with Crippen LogP contribution >= 0.6 is 11.4 Å². The Morgan fingerprint density at radius 3 is 0.667 bits per heavy atom. The Balaban J connectivity index is -0.000000886. The molecule has 0 bridgehead atoms. The average molecular weight is 885 g/mol. The molecular formula is C40H84O4P2S4Zn. The third kappa shape index (κ3) is 52.5. The molecule has 0 fully saturated rings. The van der Waals surface area contributed by atoms with E-state index in [1.165, 1.54) is 128 Å². The molecule has 0 aliphatic heterocycles. The molecule has 0 atom stereocenters. The zero-order chi connectivity index (χ0) is 37.9. The summed E-state index contributed by atoms with van der Waals surface area (Å²) in [7, 11) is 0. The van der Waals surface area contributed by atoms with E-state index in [4.69, 9.17) is 66.2 Å². The van der Waals surface area contributed by atoms with Gasteiger partial charge in [0.15, 0.2) is 0 Å². The molecule has 0 N–H and O–H groups in total. The molecule has 0 aromatic heterocycles. The maximum absolute atomic E-state index is 5.66. The molecule has 0 radical (unpaired) electrons. The van der Waals surface area contributed by atoms with Crippen LogP contribution < -0.4 is 0 Å². The van der Waals surface area contributed by atoms with E-state index in [0.717, 1.165) is 49.4 Å². The Hall–Kier alpha value is 2.46. The van der Waals surface area contributed by atoms with E-state index >= 15 is 0 Å². The first-order valence-corrected chi connectivity index (χ1v) is 28.2. The Labute approximate surface area is 354 Å². The van der Waals surface area contributed by atoms with Crippen LogP contribution in [0.5, 0.6) is 0 Å². The van der Waals surface area contributed by atoms with Gasteiger partial charge in [-0.05, 0) is 49.4 Å². The number of hydrogen-bond donors (Lipinski definition) is 0. The molecule has 0 saturated carbocycles. The summed E-state index contributed by atoms with van der Waals surface area (Å²) in [5.74, 6) is 3.30. The molecule has 0 spiro atoms. The molecule has 0 rings (SSSR count). The Bertz CT molecular complexity index is 686. The summed E-state index contributed by atoms with van der Waals surface area (Å²) in [6, 6.07) is 0. The molecule has 0 aromatic rings. The first kappa shape index (κ1) is 57.8. The van der Waals surface area contributed by atoms with Gasteiger partial charge in [0, 0.05) is 0 Å². The molecule has 0 aromatic carbocycles. The molecule has 0 aliphatic carbocycles. The van der Waals surface area contributed by atoms with Crippen LogP contribution in [0, 0.1) is 23.7 Å². The van der Waals surface area contributed by atoms with Gasteiger partial charge in [0.25, 0.3) is 0 Å². The Morgan fingerprint density at radius 2 is 0.490 bits per heavy atom. The third-order valence-corrected chi connectivity index (χ3v) is 13.2. The largest absolute Gasteiger partial charge is 2.00 e. The van der Waals surface area contributed by atoms with Gasteiger partial charge in [-0.25, -0.2) is 0 Å². The van der Waals surface area contributed by atoms with Crippen molar-refractivity contribution in [1.29, 1.82) is 0 Å². The summed E-state index contributed by atoms with van der Waals surface area (Å²) >= 11 is 21.3. The van der Waals surface area contributed by atoms with Gasteiger partial charge in [-0.3, -0.25) is 0 Å². The minimum absolute atomic E-state index is 0. The standard InChI is InChI=1S/2C20H43O2PS2.Zn/c2*1-19(2)15-11-7-5-9-13-17-21-23(24,25)22-18-14-10-6-8-12-16-20(3)4;/h2*19-20H,5-18H2,1-4H3,(H,24,25);/q;;+2/p-2. The third-order valence-electron chi connectivity index (χ3n) is 8.70. The zero-order valence-electron chi connectivity index (χ0n) is 35.0. The second-order valence-corrected chi connectivity index (χ2v) is 26.0. The summed E-state index contributed by atoms with van der Waals surface area (Å²) in [5.41, 5.74) is -4.85. The van der Waals surface area contributed by atoms with Crippen molar-refractivity contribution in [2.45, 2.75) is 209 Å². The van der Waals surface area contributed by atoms with Crippen LogP contribution in [-0.4, -0.2) is 26.4 Å². The van der Waals surface area contributed by atoms with E-state index in [0.29, 0.717) is 26.4 Å². The quantitative estimate of drug-likeness (QED) is 0.0267. The fraction of sp³-hybridized carbons (Fsp3) is 1.00. The molecular weight excluding hydrogens is 800 g/mol. The van der Waals surface area contributed by atoms with Crippen LogP contribution in [0.1, 0.15) is 209 Å². The van der Waals surface area contributed by atoms with Crippen LogP contribution in [0.3, 0.4) is 0 Å². The molecule has 0 aliphatic rings. The molecule has 0 amide bonds. The molecule has 0 heterocycles.